The van der Waals surface area contributed by atoms with E-state index in [-0.39, 0.29) is 26.4 Å². The van der Waals surface area contributed by atoms with Gasteiger partial charge in [-0.15, -0.1) is 81.2 Å². The standard InChI is InChI=1S/2C11H11.2C7H5F3O.2CH3.Si.Zr/c2*1-2-9-7-10-5-3-4-6-11(10)8-9;2*8-7(9,10)5-1-3-6(11)4-2-5;;;;/h2*3-8H,2H2,1H3;2*1-4,11H;2*1H3;;/q2*-1;;;2*-1;;. The van der Waals surface area contributed by atoms with Crippen LogP contribution in [-0.2, 0) is 48.5 Å². The van der Waals surface area contributed by atoms with Gasteiger partial charge in [0.05, 0.1) is 11.1 Å². The zero-order valence-corrected chi connectivity index (χ0v) is 30.6. The van der Waals surface area contributed by atoms with Gasteiger partial charge in [0, 0.05) is 0 Å². The molecule has 48 heavy (non-hydrogen) atoms. The number of benzene rings is 4. The van der Waals surface area contributed by atoms with Crippen LogP contribution in [0.4, 0.5) is 26.3 Å². The van der Waals surface area contributed by atoms with Gasteiger partial charge in [-0.05, 0) is 61.4 Å². The first-order valence-corrected chi connectivity index (χ1v) is 18.2. The molecule has 0 aliphatic carbocycles. The van der Waals surface area contributed by atoms with E-state index in [1.807, 2.05) is 0 Å². The van der Waals surface area contributed by atoms with Crippen LogP contribution in [0.25, 0.3) is 21.5 Å². The molecule has 0 spiro atoms. The maximum atomic E-state index is 11.8. The van der Waals surface area contributed by atoms with Crippen LogP contribution in [0.15, 0.2) is 121 Å². The van der Waals surface area contributed by atoms with Gasteiger partial charge in [-0.1, -0.05) is 26.0 Å². The van der Waals surface area contributed by atoms with Gasteiger partial charge in [-0.25, -0.2) is 0 Å². The average Bonchev–Trinajstić information content (AvgIpc) is 3.66. The molecule has 0 bridgehead atoms. The van der Waals surface area contributed by atoms with Gasteiger partial charge < -0.3 is 25.1 Å². The summed E-state index contributed by atoms with van der Waals surface area (Å²) < 4.78 is 71.0. The van der Waals surface area contributed by atoms with Crippen molar-refractivity contribution in [2.24, 2.45) is 0 Å². The zero-order chi connectivity index (χ0) is 34.3. The van der Waals surface area contributed by atoms with Crippen LogP contribution >= 0.6 is 0 Å². The van der Waals surface area contributed by atoms with E-state index < -0.39 is 23.5 Å². The summed E-state index contributed by atoms with van der Waals surface area (Å²) in [7, 11) is 0. The Morgan fingerprint density at radius 1 is 0.542 bits per heavy atom. The minimum absolute atomic E-state index is 0. The molecule has 0 atom stereocenters. The number of phenolic OH excluding ortho intramolecular Hbond substituents is 2. The van der Waals surface area contributed by atoms with E-state index in [4.69, 9.17) is 10.2 Å². The van der Waals surface area contributed by atoms with Gasteiger partial charge in [0.2, 0.25) is 0 Å². The second-order valence-corrected chi connectivity index (χ2v) is 9.78. The molecule has 10 heteroatoms. The summed E-state index contributed by atoms with van der Waals surface area (Å²) in [5, 5.41) is 22.8. The topological polar surface area (TPSA) is 40.5 Å². The Hall–Kier alpha value is -3.62. The molecule has 0 aliphatic heterocycles. The van der Waals surface area contributed by atoms with Crippen molar-refractivity contribution in [3.05, 3.63) is 158 Å². The van der Waals surface area contributed by atoms with Crippen LogP contribution in [0.5, 0.6) is 11.5 Å². The summed E-state index contributed by atoms with van der Waals surface area (Å²) in [6.45, 7) is 7.44. The summed E-state index contributed by atoms with van der Waals surface area (Å²) in [6.07, 6.45) is -6.38. The molecule has 6 aromatic rings. The molecule has 0 unspecified atom stereocenters. The van der Waals surface area contributed by atoms with Gasteiger partial charge in [-0.3, -0.25) is 0 Å². The number of aromatic hydroxyl groups is 2. The van der Waals surface area contributed by atoms with E-state index in [0.29, 0.717) is 0 Å². The fourth-order valence-corrected chi connectivity index (χ4v) is 4.14. The number of alkyl halides is 6. The van der Waals surface area contributed by atoms with Crippen LogP contribution in [0.3, 0.4) is 0 Å². The Morgan fingerprint density at radius 2 is 0.833 bits per heavy atom. The molecule has 256 valence electrons. The maximum absolute atomic E-state index is 11.8. The Balaban J connectivity index is 0.000000595. The first kappa shape index (κ1) is 44.4. The molecule has 0 fully saturated rings. The van der Waals surface area contributed by atoms with E-state index in [1.165, 1.54) is 56.0 Å². The Bertz CT molecular complexity index is 1540. The van der Waals surface area contributed by atoms with Crippen molar-refractivity contribution in [1.82, 2.24) is 0 Å². The first-order valence-electron chi connectivity index (χ1n) is 14.1. The molecule has 6 aromatic carbocycles. The second kappa shape index (κ2) is 21.4. The van der Waals surface area contributed by atoms with Crippen LogP contribution in [-0.4, -0.2) is 17.1 Å². The quantitative estimate of drug-likeness (QED) is 0.105. The van der Waals surface area contributed by atoms with Crippen molar-refractivity contribution < 1.29 is 59.9 Å². The first-order chi connectivity index (χ1) is 21.8. The van der Waals surface area contributed by atoms with Gasteiger partial charge >= 0.3 is 42.6 Å². The number of rotatable bonds is 2. The van der Waals surface area contributed by atoms with Crippen molar-refractivity contribution >= 4 is 28.4 Å². The van der Waals surface area contributed by atoms with Crippen molar-refractivity contribution in [1.29, 1.82) is 0 Å². The van der Waals surface area contributed by atoms with Crippen LogP contribution in [0, 0.1) is 14.9 Å². The van der Waals surface area contributed by atoms with Crippen LogP contribution in [0.2, 0.25) is 0 Å². The fourth-order valence-electron chi connectivity index (χ4n) is 4.14. The SMILES string of the molecule is CCc1cc2ccccc2[cH-]1.CCc1cc2ccccc2[cH-]1.Oc1ccc(C(F)(F)F)cc1.Oc1ccc(C(F)(F)F)cc1.[CH3-].[CH3-].[Si]=[Zr]. The summed E-state index contributed by atoms with van der Waals surface area (Å²) in [5.74, 6) is -0.337. The van der Waals surface area contributed by atoms with Crippen molar-refractivity contribution in [2.75, 3.05) is 0 Å². The van der Waals surface area contributed by atoms with Crippen LogP contribution in [0.1, 0.15) is 36.1 Å². The molecular formula is C38H38F6O2SiZr-4. The Morgan fingerprint density at radius 3 is 1.08 bits per heavy atom. The summed E-state index contributed by atoms with van der Waals surface area (Å²) in [5.41, 5.74) is 1.36. The van der Waals surface area contributed by atoms with Crippen molar-refractivity contribution in [3.63, 3.8) is 0 Å². The monoisotopic (exact) mass is 758 g/mol. The third-order valence-corrected chi connectivity index (χ3v) is 6.56. The zero-order valence-electron chi connectivity index (χ0n) is 27.1. The predicted molar refractivity (Wildman–Crippen MR) is 183 cm³/mol. The number of hydrogen-bond acceptors (Lipinski definition) is 2. The average molecular weight is 760 g/mol. The molecule has 2 nitrogen and oxygen atoms in total. The van der Waals surface area contributed by atoms with E-state index in [2.05, 4.69) is 93.5 Å². The van der Waals surface area contributed by atoms with Crippen molar-refractivity contribution in [2.45, 2.75) is 39.0 Å². The number of fused-ring (bicyclic) bond motifs is 2. The molecule has 2 N–H and O–H groups in total. The Labute approximate surface area is 296 Å². The molecule has 6 rings (SSSR count). The molecule has 0 saturated carbocycles. The van der Waals surface area contributed by atoms with E-state index in [1.54, 1.807) is 0 Å². The molecular weight excluding hydrogens is 722 g/mol. The van der Waals surface area contributed by atoms with E-state index in [9.17, 15) is 26.3 Å². The molecule has 0 aromatic heterocycles. The molecule has 0 saturated heterocycles. The summed E-state index contributed by atoms with van der Waals surface area (Å²) >= 11 is 1.36. The molecule has 0 aliphatic rings. The van der Waals surface area contributed by atoms with Crippen LogP contribution < -0.4 is 0 Å². The summed E-state index contributed by atoms with van der Waals surface area (Å²) in [6, 6.07) is 33.3. The van der Waals surface area contributed by atoms with Gasteiger partial charge in [0.1, 0.15) is 11.5 Å². The third-order valence-electron chi connectivity index (χ3n) is 6.56. The minimum atomic E-state index is -4.33. The normalized spacial score (nSPS) is 10.2. The molecule has 0 amide bonds. The van der Waals surface area contributed by atoms with Crippen molar-refractivity contribution in [3.8, 4) is 11.5 Å². The van der Waals surface area contributed by atoms with E-state index in [0.717, 1.165) is 61.4 Å². The third kappa shape index (κ3) is 14.7. The van der Waals surface area contributed by atoms with Gasteiger partial charge in [0.25, 0.3) is 0 Å². The number of halogens is 6. The number of aryl methyl sites for hydroxylation is 2. The molecule has 0 heterocycles. The summed E-state index contributed by atoms with van der Waals surface area (Å²) in [4.78, 5) is 0. The fraction of sp³-hybridized carbons (Fsp3) is 0.158. The van der Waals surface area contributed by atoms with Gasteiger partial charge in [-0.2, -0.15) is 38.5 Å². The van der Waals surface area contributed by atoms with Gasteiger partial charge in [0.15, 0.2) is 0 Å². The predicted octanol–water partition coefficient (Wildman–Crippen LogP) is 11.6. The Kier molecular flexibility index (Phi) is 19.8. The second-order valence-electron chi connectivity index (χ2n) is 9.78. The van der Waals surface area contributed by atoms with E-state index >= 15 is 0 Å². The number of phenols is 2. The number of hydrogen-bond donors (Lipinski definition) is 2. The molecule has 2 radical (unpaired) electrons.